The van der Waals surface area contributed by atoms with E-state index in [1.165, 1.54) is 11.8 Å². The van der Waals surface area contributed by atoms with Gasteiger partial charge >= 0.3 is 0 Å². The summed E-state index contributed by atoms with van der Waals surface area (Å²) in [7, 11) is 0. The fourth-order valence-electron chi connectivity index (χ4n) is 2.09. The molecule has 4 nitrogen and oxygen atoms in total. The lowest BCUT2D eigenvalue weighted by Gasteiger charge is -2.17. The maximum atomic E-state index is 11.8. The average molecular weight is 292 g/mol. The molecule has 1 aromatic carbocycles. The van der Waals surface area contributed by atoms with E-state index in [1.54, 1.807) is 0 Å². The van der Waals surface area contributed by atoms with Crippen LogP contribution in [0.3, 0.4) is 0 Å². The van der Waals surface area contributed by atoms with Crippen LogP contribution in [0.25, 0.3) is 0 Å². The van der Waals surface area contributed by atoms with Gasteiger partial charge in [0.15, 0.2) is 0 Å². The zero-order chi connectivity index (χ0) is 14.4. The lowest BCUT2D eigenvalue weighted by molar-refractivity contribution is -0.120. The Morgan fingerprint density at radius 2 is 2.25 bits per heavy atom. The second-order valence-corrected chi connectivity index (χ2v) is 5.92. The number of hydrogen-bond acceptors (Lipinski definition) is 3. The molecule has 1 aliphatic rings. The van der Waals surface area contributed by atoms with Crippen LogP contribution in [0.2, 0.25) is 0 Å². The summed E-state index contributed by atoms with van der Waals surface area (Å²) >= 11 is 1.53. The second-order valence-electron chi connectivity index (χ2n) is 4.90. The third-order valence-corrected chi connectivity index (χ3v) is 4.22. The molecule has 108 valence electrons. The van der Waals surface area contributed by atoms with Gasteiger partial charge in [0.2, 0.25) is 11.8 Å². The maximum absolute atomic E-state index is 11.8. The van der Waals surface area contributed by atoms with Crippen molar-refractivity contribution in [2.24, 2.45) is 0 Å². The van der Waals surface area contributed by atoms with Crippen LogP contribution in [0.15, 0.2) is 23.1 Å². The van der Waals surface area contributed by atoms with Crippen LogP contribution < -0.4 is 10.6 Å². The van der Waals surface area contributed by atoms with Crippen molar-refractivity contribution in [3.8, 4) is 0 Å². The first-order chi connectivity index (χ1) is 9.69. The van der Waals surface area contributed by atoms with Crippen molar-refractivity contribution in [1.82, 2.24) is 5.32 Å². The summed E-state index contributed by atoms with van der Waals surface area (Å²) < 4.78 is 0. The summed E-state index contributed by atoms with van der Waals surface area (Å²) in [4.78, 5) is 24.2. The monoisotopic (exact) mass is 292 g/mol. The Kier molecular flexibility index (Phi) is 5.47. The lowest BCUT2D eigenvalue weighted by atomic mass is 10.1. The van der Waals surface area contributed by atoms with Gasteiger partial charge in [-0.1, -0.05) is 25.8 Å². The highest BCUT2D eigenvalue weighted by Gasteiger charge is 2.15. The van der Waals surface area contributed by atoms with Crippen molar-refractivity contribution in [2.75, 3.05) is 17.6 Å². The number of hydrogen-bond donors (Lipinski definition) is 2. The Bertz CT molecular complexity index is 503. The van der Waals surface area contributed by atoms with Crippen LogP contribution in [0.5, 0.6) is 0 Å². The van der Waals surface area contributed by atoms with Crippen molar-refractivity contribution >= 4 is 29.3 Å². The number of unbranched alkanes of at least 4 members (excludes halogenated alkanes) is 2. The molecular formula is C15H20N2O2S. The van der Waals surface area contributed by atoms with Crippen LogP contribution >= 0.6 is 11.8 Å². The fraction of sp³-hybridized carbons (Fsp3) is 0.467. The van der Waals surface area contributed by atoms with Crippen LogP contribution in [0.1, 0.15) is 31.7 Å². The molecule has 2 amide bonds. The van der Waals surface area contributed by atoms with Crippen molar-refractivity contribution < 1.29 is 9.59 Å². The van der Waals surface area contributed by atoms with Gasteiger partial charge in [-0.2, -0.15) is 0 Å². The Morgan fingerprint density at radius 1 is 1.40 bits per heavy atom. The van der Waals surface area contributed by atoms with E-state index in [2.05, 4.69) is 17.6 Å². The van der Waals surface area contributed by atoms with Gasteiger partial charge in [-0.3, -0.25) is 9.59 Å². The third kappa shape index (κ3) is 4.27. The van der Waals surface area contributed by atoms with E-state index in [-0.39, 0.29) is 11.8 Å². The van der Waals surface area contributed by atoms with Crippen LogP contribution in [-0.2, 0) is 16.0 Å². The van der Waals surface area contributed by atoms with Crippen LogP contribution in [0.4, 0.5) is 5.69 Å². The second kappa shape index (κ2) is 7.33. The van der Waals surface area contributed by atoms with Gasteiger partial charge in [0.1, 0.15) is 0 Å². The minimum Gasteiger partial charge on any atom is -0.356 e. The molecule has 2 rings (SSSR count). The van der Waals surface area contributed by atoms with Crippen molar-refractivity contribution in [3.63, 3.8) is 0 Å². The van der Waals surface area contributed by atoms with E-state index in [9.17, 15) is 9.59 Å². The van der Waals surface area contributed by atoms with Crippen molar-refractivity contribution in [1.29, 1.82) is 0 Å². The summed E-state index contributed by atoms with van der Waals surface area (Å²) in [6, 6.07) is 5.82. The van der Waals surface area contributed by atoms with E-state index in [0.717, 1.165) is 42.0 Å². The predicted molar refractivity (Wildman–Crippen MR) is 82.0 cm³/mol. The van der Waals surface area contributed by atoms with Crippen LogP contribution in [-0.4, -0.2) is 24.1 Å². The highest BCUT2D eigenvalue weighted by Crippen LogP contribution is 2.31. The fourth-order valence-corrected chi connectivity index (χ4v) is 2.88. The highest BCUT2D eigenvalue weighted by atomic mass is 32.2. The Hall–Kier alpha value is -1.49. The SMILES string of the molecule is CCCCCNC(=O)Cc1ccc2c(c1)NC(=O)CS2. The third-order valence-electron chi connectivity index (χ3n) is 3.14. The summed E-state index contributed by atoms with van der Waals surface area (Å²) in [6.45, 7) is 2.88. The molecule has 0 atom stereocenters. The zero-order valence-corrected chi connectivity index (χ0v) is 12.5. The van der Waals surface area contributed by atoms with E-state index in [1.807, 2.05) is 18.2 Å². The van der Waals surface area contributed by atoms with E-state index < -0.39 is 0 Å². The minimum absolute atomic E-state index is 0.0173. The molecule has 0 aromatic heterocycles. The molecule has 0 bridgehead atoms. The topological polar surface area (TPSA) is 58.2 Å². The Morgan fingerprint density at radius 3 is 3.05 bits per heavy atom. The summed E-state index contributed by atoms with van der Waals surface area (Å²) in [5.41, 5.74) is 1.75. The average Bonchev–Trinajstić information content (AvgIpc) is 2.43. The Balaban J connectivity index is 1.88. The number of fused-ring (bicyclic) bond motifs is 1. The molecule has 0 radical (unpaired) electrons. The first-order valence-corrected chi connectivity index (χ1v) is 8.00. The van der Waals surface area contributed by atoms with E-state index in [4.69, 9.17) is 0 Å². The number of carbonyl (C=O) groups excluding carboxylic acids is 2. The number of anilines is 1. The van der Waals surface area contributed by atoms with Gasteiger partial charge < -0.3 is 10.6 Å². The van der Waals surface area contributed by atoms with E-state index >= 15 is 0 Å². The summed E-state index contributed by atoms with van der Waals surface area (Å²) in [5.74, 6) is 0.518. The molecule has 0 fully saturated rings. The quantitative estimate of drug-likeness (QED) is 0.792. The first kappa shape index (κ1) is 14.9. The highest BCUT2D eigenvalue weighted by molar-refractivity contribution is 8.00. The smallest absolute Gasteiger partial charge is 0.234 e. The molecule has 0 aliphatic carbocycles. The molecule has 5 heteroatoms. The number of carbonyl (C=O) groups is 2. The lowest BCUT2D eigenvalue weighted by Crippen LogP contribution is -2.26. The number of amides is 2. The van der Waals surface area contributed by atoms with Gasteiger partial charge in [0.25, 0.3) is 0 Å². The largest absolute Gasteiger partial charge is 0.356 e. The maximum Gasteiger partial charge on any atom is 0.234 e. The number of rotatable bonds is 6. The molecule has 2 N–H and O–H groups in total. The summed E-state index contributed by atoms with van der Waals surface area (Å²) in [5, 5.41) is 5.77. The molecule has 0 spiro atoms. The predicted octanol–water partition coefficient (Wildman–Crippen LogP) is 2.58. The molecule has 20 heavy (non-hydrogen) atoms. The molecular weight excluding hydrogens is 272 g/mol. The van der Waals surface area contributed by atoms with Crippen LogP contribution in [0, 0.1) is 0 Å². The molecule has 1 heterocycles. The molecule has 0 saturated carbocycles. The van der Waals surface area contributed by atoms with Gasteiger partial charge in [-0.15, -0.1) is 11.8 Å². The summed E-state index contributed by atoms with van der Waals surface area (Å²) in [6.07, 6.45) is 3.68. The first-order valence-electron chi connectivity index (χ1n) is 7.01. The molecule has 0 saturated heterocycles. The van der Waals surface area contributed by atoms with Gasteiger partial charge in [-0.25, -0.2) is 0 Å². The minimum atomic E-state index is 0.0173. The number of nitrogens with one attached hydrogen (secondary N) is 2. The number of thioether (sulfide) groups is 1. The van der Waals surface area contributed by atoms with E-state index in [0.29, 0.717) is 12.2 Å². The Labute approximate surface area is 123 Å². The molecule has 1 aromatic rings. The zero-order valence-electron chi connectivity index (χ0n) is 11.7. The normalized spacial score (nSPS) is 13.6. The van der Waals surface area contributed by atoms with Crippen molar-refractivity contribution in [2.45, 2.75) is 37.5 Å². The van der Waals surface area contributed by atoms with Gasteiger partial charge in [-0.05, 0) is 24.1 Å². The molecule has 1 aliphatic heterocycles. The van der Waals surface area contributed by atoms with Crippen molar-refractivity contribution in [3.05, 3.63) is 23.8 Å². The van der Waals surface area contributed by atoms with Gasteiger partial charge in [0, 0.05) is 11.4 Å². The van der Waals surface area contributed by atoms with Gasteiger partial charge in [0.05, 0.1) is 17.9 Å². The number of benzene rings is 1. The standard InChI is InChI=1S/C15H20N2O2S/c1-2-3-4-7-16-14(18)9-11-5-6-13-12(8-11)17-15(19)10-20-13/h5-6,8H,2-4,7,9-10H2,1H3,(H,16,18)(H,17,19). The molecule has 0 unspecified atom stereocenters.